The Morgan fingerprint density at radius 2 is 1.81 bits per heavy atom. The molecular formula is C17H19NO3. The molecule has 0 aliphatic heterocycles. The molecule has 0 atom stereocenters. The van der Waals surface area contributed by atoms with Crippen LogP contribution in [0.25, 0.3) is 0 Å². The predicted molar refractivity (Wildman–Crippen MR) is 83.0 cm³/mol. The van der Waals surface area contributed by atoms with Gasteiger partial charge in [0.05, 0.1) is 0 Å². The molecule has 0 heterocycles. The van der Waals surface area contributed by atoms with Crippen molar-refractivity contribution in [1.29, 1.82) is 0 Å². The Kier molecular flexibility index (Phi) is 4.17. The molecule has 0 saturated heterocycles. The molecule has 4 nitrogen and oxygen atoms in total. The van der Waals surface area contributed by atoms with E-state index >= 15 is 0 Å². The number of amides is 1. The lowest BCUT2D eigenvalue weighted by Crippen LogP contribution is -2.14. The van der Waals surface area contributed by atoms with E-state index in [1.165, 1.54) is 18.2 Å². The number of nitrogens with one attached hydrogen (secondary N) is 1. The summed E-state index contributed by atoms with van der Waals surface area (Å²) < 4.78 is 0. The van der Waals surface area contributed by atoms with E-state index < -0.39 is 0 Å². The Morgan fingerprint density at radius 3 is 2.43 bits per heavy atom. The first kappa shape index (κ1) is 14.9. The van der Waals surface area contributed by atoms with Crippen LogP contribution in [0.3, 0.4) is 0 Å². The van der Waals surface area contributed by atoms with Crippen LogP contribution in [0.5, 0.6) is 11.5 Å². The second-order valence-corrected chi connectivity index (χ2v) is 5.35. The molecule has 0 fully saturated rings. The summed E-state index contributed by atoms with van der Waals surface area (Å²) in [6.07, 6.45) is 0. The summed E-state index contributed by atoms with van der Waals surface area (Å²) >= 11 is 0. The minimum atomic E-state index is -0.318. The molecule has 1 amide bonds. The SMILES string of the molecule is Cc1cccc(C(C)C)c1NC(=O)c1ccc(O)c(O)c1. The molecular weight excluding hydrogens is 266 g/mol. The number of carbonyl (C=O) groups is 1. The molecule has 0 aliphatic rings. The zero-order valence-electron chi connectivity index (χ0n) is 12.3. The number of para-hydroxylation sites is 1. The van der Waals surface area contributed by atoms with Crippen LogP contribution in [0, 0.1) is 6.92 Å². The number of phenols is 2. The average Bonchev–Trinajstić information content (AvgIpc) is 2.43. The molecule has 0 aliphatic carbocycles. The number of benzene rings is 2. The summed E-state index contributed by atoms with van der Waals surface area (Å²) in [4.78, 5) is 12.3. The van der Waals surface area contributed by atoms with Gasteiger partial charge in [0.1, 0.15) is 0 Å². The van der Waals surface area contributed by atoms with Crippen LogP contribution in [-0.4, -0.2) is 16.1 Å². The van der Waals surface area contributed by atoms with Crippen LogP contribution in [-0.2, 0) is 0 Å². The fourth-order valence-corrected chi connectivity index (χ4v) is 2.19. The minimum Gasteiger partial charge on any atom is -0.504 e. The number of aryl methyl sites for hydroxylation is 1. The molecule has 2 rings (SSSR count). The highest BCUT2D eigenvalue weighted by Crippen LogP contribution is 2.29. The van der Waals surface area contributed by atoms with Gasteiger partial charge in [0, 0.05) is 11.3 Å². The third-order valence-electron chi connectivity index (χ3n) is 3.40. The Labute approximate surface area is 124 Å². The lowest BCUT2D eigenvalue weighted by atomic mass is 9.98. The minimum absolute atomic E-state index is 0.245. The first-order chi connectivity index (χ1) is 9.90. The van der Waals surface area contributed by atoms with Gasteiger partial charge in [0.25, 0.3) is 5.91 Å². The number of anilines is 1. The van der Waals surface area contributed by atoms with Crippen molar-refractivity contribution in [1.82, 2.24) is 0 Å². The number of phenolic OH excluding ortho intramolecular Hbond substituents is 2. The van der Waals surface area contributed by atoms with Gasteiger partial charge in [0.15, 0.2) is 11.5 Å². The Morgan fingerprint density at radius 1 is 1.10 bits per heavy atom. The van der Waals surface area contributed by atoms with Crippen molar-refractivity contribution < 1.29 is 15.0 Å². The molecule has 2 aromatic rings. The summed E-state index contributed by atoms with van der Waals surface area (Å²) in [6, 6.07) is 9.91. The maximum Gasteiger partial charge on any atom is 0.255 e. The van der Waals surface area contributed by atoms with E-state index in [1.54, 1.807) is 0 Å². The fourth-order valence-electron chi connectivity index (χ4n) is 2.19. The Hall–Kier alpha value is -2.49. The van der Waals surface area contributed by atoms with Crippen molar-refractivity contribution in [2.24, 2.45) is 0 Å². The quantitative estimate of drug-likeness (QED) is 0.752. The molecule has 0 radical (unpaired) electrons. The highest BCUT2D eigenvalue weighted by atomic mass is 16.3. The van der Waals surface area contributed by atoms with Gasteiger partial charge in [-0.25, -0.2) is 0 Å². The highest BCUT2D eigenvalue weighted by molar-refractivity contribution is 6.05. The summed E-state index contributed by atoms with van der Waals surface area (Å²) in [7, 11) is 0. The summed E-state index contributed by atoms with van der Waals surface area (Å²) in [6.45, 7) is 6.07. The molecule has 4 heteroatoms. The van der Waals surface area contributed by atoms with E-state index in [2.05, 4.69) is 19.2 Å². The van der Waals surface area contributed by atoms with Crippen LogP contribution < -0.4 is 5.32 Å². The molecule has 3 N–H and O–H groups in total. The summed E-state index contributed by atoms with van der Waals surface area (Å²) in [5, 5.41) is 21.7. The van der Waals surface area contributed by atoms with E-state index in [0.717, 1.165) is 16.8 Å². The average molecular weight is 285 g/mol. The van der Waals surface area contributed by atoms with Gasteiger partial charge >= 0.3 is 0 Å². The van der Waals surface area contributed by atoms with E-state index in [9.17, 15) is 15.0 Å². The lowest BCUT2D eigenvalue weighted by Gasteiger charge is -2.16. The largest absolute Gasteiger partial charge is 0.504 e. The zero-order valence-corrected chi connectivity index (χ0v) is 12.3. The molecule has 0 spiro atoms. The van der Waals surface area contributed by atoms with Gasteiger partial charge in [-0.2, -0.15) is 0 Å². The summed E-state index contributed by atoms with van der Waals surface area (Å²) in [5.41, 5.74) is 3.14. The summed E-state index contributed by atoms with van der Waals surface area (Å²) in [5.74, 6) is -0.586. The van der Waals surface area contributed by atoms with Gasteiger partial charge in [-0.15, -0.1) is 0 Å². The Balaban J connectivity index is 2.33. The van der Waals surface area contributed by atoms with Crippen LogP contribution in [0.15, 0.2) is 36.4 Å². The van der Waals surface area contributed by atoms with Crippen molar-refractivity contribution in [3.05, 3.63) is 53.1 Å². The molecule has 0 saturated carbocycles. The normalized spacial score (nSPS) is 10.7. The van der Waals surface area contributed by atoms with E-state index in [-0.39, 0.29) is 23.3 Å². The third-order valence-corrected chi connectivity index (χ3v) is 3.40. The number of aromatic hydroxyl groups is 2. The number of hydrogen-bond acceptors (Lipinski definition) is 3. The van der Waals surface area contributed by atoms with Crippen LogP contribution >= 0.6 is 0 Å². The predicted octanol–water partition coefficient (Wildman–Crippen LogP) is 3.78. The maximum atomic E-state index is 12.3. The van der Waals surface area contributed by atoms with Crippen LogP contribution in [0.1, 0.15) is 41.3 Å². The number of hydrogen-bond donors (Lipinski definition) is 3. The number of rotatable bonds is 3. The zero-order chi connectivity index (χ0) is 15.6. The lowest BCUT2D eigenvalue weighted by molar-refractivity contribution is 0.102. The van der Waals surface area contributed by atoms with Crippen molar-refractivity contribution in [2.45, 2.75) is 26.7 Å². The molecule has 0 bridgehead atoms. The van der Waals surface area contributed by atoms with Crippen molar-refractivity contribution in [3.63, 3.8) is 0 Å². The molecule has 110 valence electrons. The smallest absolute Gasteiger partial charge is 0.255 e. The van der Waals surface area contributed by atoms with Crippen LogP contribution in [0.4, 0.5) is 5.69 Å². The second kappa shape index (κ2) is 5.87. The standard InChI is InChI=1S/C17H19NO3/c1-10(2)13-6-4-5-11(3)16(13)18-17(21)12-7-8-14(19)15(20)9-12/h4-10,19-20H,1-3H3,(H,18,21). The monoisotopic (exact) mass is 285 g/mol. The van der Waals surface area contributed by atoms with Gasteiger partial charge in [0.2, 0.25) is 0 Å². The Bertz CT molecular complexity index is 678. The van der Waals surface area contributed by atoms with Crippen LogP contribution in [0.2, 0.25) is 0 Å². The van der Waals surface area contributed by atoms with E-state index in [4.69, 9.17) is 0 Å². The van der Waals surface area contributed by atoms with Crippen molar-refractivity contribution in [3.8, 4) is 11.5 Å². The first-order valence-electron chi connectivity index (χ1n) is 6.83. The fraction of sp³-hybridized carbons (Fsp3) is 0.235. The molecule has 0 aromatic heterocycles. The first-order valence-corrected chi connectivity index (χ1v) is 6.83. The molecule has 0 unspecified atom stereocenters. The number of carbonyl (C=O) groups excluding carboxylic acids is 1. The molecule has 21 heavy (non-hydrogen) atoms. The third kappa shape index (κ3) is 3.16. The van der Waals surface area contributed by atoms with E-state index in [1.807, 2.05) is 25.1 Å². The van der Waals surface area contributed by atoms with Crippen molar-refractivity contribution >= 4 is 11.6 Å². The topological polar surface area (TPSA) is 69.6 Å². The van der Waals surface area contributed by atoms with Gasteiger partial charge in [-0.05, 0) is 42.2 Å². The van der Waals surface area contributed by atoms with Crippen molar-refractivity contribution in [2.75, 3.05) is 5.32 Å². The highest BCUT2D eigenvalue weighted by Gasteiger charge is 2.14. The van der Waals surface area contributed by atoms with Gasteiger partial charge in [-0.3, -0.25) is 4.79 Å². The molecule has 2 aromatic carbocycles. The maximum absolute atomic E-state index is 12.3. The van der Waals surface area contributed by atoms with E-state index in [0.29, 0.717) is 5.56 Å². The second-order valence-electron chi connectivity index (χ2n) is 5.35. The van der Waals surface area contributed by atoms with Gasteiger partial charge in [-0.1, -0.05) is 32.0 Å². The van der Waals surface area contributed by atoms with Gasteiger partial charge < -0.3 is 15.5 Å².